The Morgan fingerprint density at radius 1 is 1.33 bits per heavy atom. The van der Waals surface area contributed by atoms with Crippen molar-refractivity contribution in [3.05, 3.63) is 56.2 Å². The molecule has 21 heavy (non-hydrogen) atoms. The van der Waals surface area contributed by atoms with Gasteiger partial charge in [0.05, 0.1) is 17.2 Å². The number of benzene rings is 1. The number of nitrogens with one attached hydrogen (secondary N) is 1. The van der Waals surface area contributed by atoms with Gasteiger partial charge in [-0.2, -0.15) is 0 Å². The predicted octanol–water partition coefficient (Wildman–Crippen LogP) is 4.23. The first-order chi connectivity index (χ1) is 9.99. The van der Waals surface area contributed by atoms with Gasteiger partial charge >= 0.3 is 5.97 Å². The second kappa shape index (κ2) is 6.79. The number of ether oxygens (including phenoxy) is 1. The van der Waals surface area contributed by atoms with Crippen LogP contribution in [0.25, 0.3) is 0 Å². The average molecular weight is 344 g/mol. The molecule has 1 aromatic heterocycles. The molecular formula is C15H15Cl2NO2S. The highest BCUT2D eigenvalue weighted by molar-refractivity contribution is 7.09. The van der Waals surface area contributed by atoms with Gasteiger partial charge in [-0.05, 0) is 24.4 Å². The number of carbonyl (C=O) groups excluding carboxylic acids is 1. The summed E-state index contributed by atoms with van der Waals surface area (Å²) in [5, 5.41) is 5.97. The van der Waals surface area contributed by atoms with Crippen molar-refractivity contribution in [2.75, 3.05) is 7.11 Å². The number of esters is 1. The Bertz CT molecular complexity index is 631. The lowest BCUT2D eigenvalue weighted by Gasteiger charge is -2.29. The van der Waals surface area contributed by atoms with Crippen molar-refractivity contribution in [3.63, 3.8) is 0 Å². The second-order valence-electron chi connectivity index (χ2n) is 4.65. The molecule has 0 spiro atoms. The lowest BCUT2D eigenvalue weighted by atomic mass is 9.91. The van der Waals surface area contributed by atoms with Crippen molar-refractivity contribution < 1.29 is 9.53 Å². The zero-order valence-corrected chi connectivity index (χ0v) is 14.0. The Morgan fingerprint density at radius 3 is 2.71 bits per heavy atom. The molecule has 6 heteroatoms. The van der Waals surface area contributed by atoms with E-state index in [2.05, 4.69) is 5.32 Å². The van der Waals surface area contributed by atoms with E-state index in [1.807, 2.05) is 17.5 Å². The molecule has 112 valence electrons. The molecular weight excluding hydrogens is 329 g/mol. The summed E-state index contributed by atoms with van der Waals surface area (Å²) < 4.78 is 4.93. The van der Waals surface area contributed by atoms with Crippen LogP contribution in [0.1, 0.15) is 17.4 Å². The molecule has 3 nitrogen and oxygen atoms in total. The molecule has 1 aromatic carbocycles. The van der Waals surface area contributed by atoms with Crippen LogP contribution in [0.4, 0.5) is 0 Å². The Balaban J connectivity index is 2.36. The summed E-state index contributed by atoms with van der Waals surface area (Å²) >= 11 is 13.9. The molecule has 0 amide bonds. The van der Waals surface area contributed by atoms with E-state index in [4.69, 9.17) is 27.9 Å². The molecule has 0 aliphatic heterocycles. The van der Waals surface area contributed by atoms with E-state index in [-0.39, 0.29) is 0 Å². The molecule has 1 N–H and O–H groups in total. The fourth-order valence-electron chi connectivity index (χ4n) is 2.05. The van der Waals surface area contributed by atoms with Gasteiger partial charge in [0.15, 0.2) is 0 Å². The summed E-state index contributed by atoms with van der Waals surface area (Å²) in [5.74, 6) is -0.414. The maximum Gasteiger partial charge on any atom is 0.330 e. The van der Waals surface area contributed by atoms with Crippen LogP contribution in [0, 0.1) is 0 Å². The Morgan fingerprint density at radius 2 is 2.10 bits per heavy atom. The number of methoxy groups -OCH3 is 1. The van der Waals surface area contributed by atoms with Crippen LogP contribution in [0.3, 0.4) is 0 Å². The van der Waals surface area contributed by atoms with Gasteiger partial charge in [0.1, 0.15) is 5.54 Å². The minimum Gasteiger partial charge on any atom is -0.467 e. The van der Waals surface area contributed by atoms with Gasteiger partial charge in [-0.1, -0.05) is 41.4 Å². The predicted molar refractivity (Wildman–Crippen MR) is 87.0 cm³/mol. The van der Waals surface area contributed by atoms with Crippen molar-refractivity contribution in [1.29, 1.82) is 0 Å². The zero-order valence-electron chi connectivity index (χ0n) is 11.7. The lowest BCUT2D eigenvalue weighted by Crippen LogP contribution is -2.47. The highest BCUT2D eigenvalue weighted by atomic mass is 35.5. The summed E-state index contributed by atoms with van der Waals surface area (Å²) in [6, 6.07) is 9.17. The number of hydrogen-bond donors (Lipinski definition) is 1. The number of carbonyl (C=O) groups is 1. The van der Waals surface area contributed by atoms with Crippen LogP contribution >= 0.6 is 34.5 Å². The molecule has 1 unspecified atom stereocenters. The normalized spacial score (nSPS) is 13.7. The van der Waals surface area contributed by atoms with Gasteiger partial charge in [-0.25, -0.2) is 4.79 Å². The third kappa shape index (κ3) is 3.40. The third-order valence-corrected chi connectivity index (χ3v) is 4.98. The van der Waals surface area contributed by atoms with Gasteiger partial charge in [0.2, 0.25) is 0 Å². The third-order valence-electron chi connectivity index (χ3n) is 3.28. The molecule has 0 saturated heterocycles. The summed E-state index contributed by atoms with van der Waals surface area (Å²) in [6.45, 7) is 2.27. The molecule has 1 atom stereocenters. The highest BCUT2D eigenvalue weighted by Gasteiger charge is 2.38. The van der Waals surface area contributed by atoms with Crippen molar-refractivity contribution >= 4 is 40.5 Å². The summed E-state index contributed by atoms with van der Waals surface area (Å²) in [6.07, 6.45) is 0. The first kappa shape index (κ1) is 16.3. The number of rotatable bonds is 5. The van der Waals surface area contributed by atoms with Crippen LogP contribution in [0.2, 0.25) is 10.0 Å². The second-order valence-corrected chi connectivity index (χ2v) is 6.47. The average Bonchev–Trinajstić information content (AvgIpc) is 3.00. The van der Waals surface area contributed by atoms with Crippen LogP contribution in [-0.4, -0.2) is 13.1 Å². The largest absolute Gasteiger partial charge is 0.467 e. The van der Waals surface area contributed by atoms with Crippen molar-refractivity contribution in [2.24, 2.45) is 0 Å². The zero-order chi connectivity index (χ0) is 15.5. The maximum absolute atomic E-state index is 12.3. The minimum atomic E-state index is -1.07. The quantitative estimate of drug-likeness (QED) is 0.825. The molecule has 2 rings (SSSR count). The lowest BCUT2D eigenvalue weighted by molar-refractivity contribution is -0.148. The summed E-state index contributed by atoms with van der Waals surface area (Å²) in [7, 11) is 1.35. The van der Waals surface area contributed by atoms with Crippen LogP contribution in [0.15, 0.2) is 35.7 Å². The Hall–Kier alpha value is -1.07. The van der Waals surface area contributed by atoms with Crippen molar-refractivity contribution in [3.8, 4) is 0 Å². The SMILES string of the molecule is COC(=O)C(C)(NCc1cccs1)c1cccc(Cl)c1Cl. The van der Waals surface area contributed by atoms with Crippen LogP contribution in [0.5, 0.6) is 0 Å². The molecule has 0 saturated carbocycles. The monoisotopic (exact) mass is 343 g/mol. The Labute approximate surface area is 137 Å². The topological polar surface area (TPSA) is 38.3 Å². The summed E-state index contributed by atoms with van der Waals surface area (Å²) in [5.41, 5.74) is -0.471. The van der Waals surface area contributed by atoms with Crippen molar-refractivity contribution in [2.45, 2.75) is 19.0 Å². The smallest absolute Gasteiger partial charge is 0.330 e. The molecule has 2 aromatic rings. The molecule has 0 aliphatic carbocycles. The maximum atomic E-state index is 12.3. The van der Waals surface area contributed by atoms with Crippen molar-refractivity contribution in [1.82, 2.24) is 5.32 Å². The van der Waals surface area contributed by atoms with E-state index in [1.165, 1.54) is 7.11 Å². The van der Waals surface area contributed by atoms with Gasteiger partial charge in [-0.3, -0.25) is 5.32 Å². The molecule has 0 radical (unpaired) electrons. The molecule has 0 bridgehead atoms. The standard InChI is InChI=1S/C15H15Cl2NO2S/c1-15(14(19)20-2,18-9-10-5-4-8-21-10)11-6-3-7-12(16)13(11)17/h3-8,18H,9H2,1-2H3. The fourth-order valence-corrected chi connectivity index (χ4v) is 3.18. The fraction of sp³-hybridized carbons (Fsp3) is 0.267. The number of thiophene rings is 1. The minimum absolute atomic E-state index is 0.353. The number of halogens is 2. The van der Waals surface area contributed by atoms with Crippen LogP contribution in [-0.2, 0) is 21.6 Å². The first-order valence-corrected chi connectivity index (χ1v) is 7.93. The van der Waals surface area contributed by atoms with E-state index in [9.17, 15) is 4.79 Å². The van der Waals surface area contributed by atoms with Gasteiger partial charge in [-0.15, -0.1) is 11.3 Å². The number of hydrogen-bond acceptors (Lipinski definition) is 4. The highest BCUT2D eigenvalue weighted by Crippen LogP contribution is 2.34. The first-order valence-electron chi connectivity index (χ1n) is 6.29. The van der Waals surface area contributed by atoms with E-state index < -0.39 is 11.5 Å². The van der Waals surface area contributed by atoms with E-state index in [1.54, 1.807) is 36.5 Å². The summed E-state index contributed by atoms with van der Waals surface area (Å²) in [4.78, 5) is 13.4. The molecule has 0 aliphatic rings. The van der Waals surface area contributed by atoms with Gasteiger partial charge in [0, 0.05) is 17.0 Å². The van der Waals surface area contributed by atoms with Crippen LogP contribution < -0.4 is 5.32 Å². The molecule has 0 fully saturated rings. The van der Waals surface area contributed by atoms with E-state index in [0.717, 1.165) is 4.88 Å². The van der Waals surface area contributed by atoms with Gasteiger partial charge < -0.3 is 4.74 Å². The van der Waals surface area contributed by atoms with E-state index in [0.29, 0.717) is 22.2 Å². The van der Waals surface area contributed by atoms with E-state index >= 15 is 0 Å². The van der Waals surface area contributed by atoms with Gasteiger partial charge in [0.25, 0.3) is 0 Å². The molecule has 1 heterocycles. The Kier molecular flexibility index (Phi) is 5.27.